The van der Waals surface area contributed by atoms with Crippen LogP contribution in [-0.4, -0.2) is 0 Å². The van der Waals surface area contributed by atoms with Crippen LogP contribution in [-0.2, 0) is 25.8 Å². The summed E-state index contributed by atoms with van der Waals surface area (Å²) >= 11 is 0. The molecular formula is C26H36Hf-2. The van der Waals surface area contributed by atoms with E-state index in [1.54, 1.807) is 0 Å². The van der Waals surface area contributed by atoms with Crippen molar-refractivity contribution in [1.29, 1.82) is 0 Å². The van der Waals surface area contributed by atoms with E-state index in [1.807, 2.05) is 0 Å². The van der Waals surface area contributed by atoms with Gasteiger partial charge in [0.1, 0.15) is 0 Å². The van der Waals surface area contributed by atoms with Crippen molar-refractivity contribution in [3.05, 3.63) is 68.3 Å². The maximum atomic E-state index is 3.51. The largest absolute Gasteiger partial charge is 0.268 e. The Morgan fingerprint density at radius 1 is 0.889 bits per heavy atom. The molecule has 0 bridgehead atoms. The van der Waals surface area contributed by atoms with E-state index >= 15 is 0 Å². The summed E-state index contributed by atoms with van der Waals surface area (Å²) in [6.07, 6.45) is 6.85. The Bertz CT molecular complexity index is 745. The molecule has 2 aromatic rings. The third-order valence-electron chi connectivity index (χ3n) is 6.14. The van der Waals surface area contributed by atoms with Crippen molar-refractivity contribution >= 4 is 6.08 Å². The predicted molar refractivity (Wildman–Crippen MR) is 116 cm³/mol. The minimum absolute atomic E-state index is 0. The number of benzene rings is 1. The van der Waals surface area contributed by atoms with Gasteiger partial charge in [-0.15, -0.1) is 11.6 Å². The standard InChI is InChI=1S/C16H21.C10H15.Hf/c1-11-8-13-6-7-14(10-16(3,4)5)15(13)9-12(11)2;1-6-7(2)9(4)10(5)8(6)3;/h6,8-9,14H,10H2,1-5H3;1-5H3;/q2*-1;. The summed E-state index contributed by atoms with van der Waals surface area (Å²) in [5.74, 6) is 0.495. The van der Waals surface area contributed by atoms with Gasteiger partial charge in [-0.1, -0.05) is 84.9 Å². The molecule has 0 N–H and O–H groups in total. The van der Waals surface area contributed by atoms with Gasteiger partial charge >= 0.3 is 0 Å². The summed E-state index contributed by atoms with van der Waals surface area (Å²) in [7, 11) is 0. The molecule has 1 aliphatic rings. The molecular weight excluding hydrogens is 491 g/mol. The van der Waals surface area contributed by atoms with Gasteiger partial charge in [-0.2, -0.15) is 33.4 Å². The zero-order chi connectivity index (χ0) is 19.8. The number of aryl methyl sites for hydroxylation is 2. The Hall–Kier alpha value is -0.820. The van der Waals surface area contributed by atoms with Crippen LogP contribution in [0.4, 0.5) is 0 Å². The molecule has 0 radical (unpaired) electrons. The van der Waals surface area contributed by atoms with E-state index < -0.39 is 0 Å². The fraction of sp³-hybridized carbons (Fsp3) is 0.500. The fourth-order valence-electron chi connectivity index (χ4n) is 3.76. The molecule has 0 amide bonds. The quantitative estimate of drug-likeness (QED) is 0.265. The summed E-state index contributed by atoms with van der Waals surface area (Å²) in [5, 5.41) is 0. The van der Waals surface area contributed by atoms with E-state index in [0.29, 0.717) is 11.3 Å². The van der Waals surface area contributed by atoms with Crippen LogP contribution in [0, 0.1) is 60.0 Å². The molecule has 3 rings (SSSR count). The second kappa shape index (κ2) is 9.12. The SMILES string of the molecule is Cc1c(C)c(C)[c-](C)c1C.Cc1cc2c(cc1C)C(CC(C)(C)C)[C-]=C2.[Hf]. The fourth-order valence-corrected chi connectivity index (χ4v) is 3.76. The molecule has 0 spiro atoms. The minimum Gasteiger partial charge on any atom is -0.268 e. The van der Waals surface area contributed by atoms with Gasteiger partial charge in [0, 0.05) is 25.8 Å². The predicted octanol–water partition coefficient (Wildman–Crippen LogP) is 7.60. The molecule has 0 heterocycles. The number of hydrogen-bond donors (Lipinski definition) is 0. The van der Waals surface area contributed by atoms with Crippen LogP contribution < -0.4 is 0 Å². The normalized spacial score (nSPS) is 15.1. The smallest absolute Gasteiger partial charge is 0 e. The van der Waals surface area contributed by atoms with E-state index in [9.17, 15) is 0 Å². The maximum absolute atomic E-state index is 3.51. The van der Waals surface area contributed by atoms with Crippen LogP contribution in [0.25, 0.3) is 6.08 Å². The number of hydrogen-bond acceptors (Lipinski definition) is 0. The molecule has 0 fully saturated rings. The van der Waals surface area contributed by atoms with Crippen molar-refractivity contribution in [3.8, 4) is 0 Å². The summed E-state index contributed by atoms with van der Waals surface area (Å²) in [6.45, 7) is 22.3. The summed E-state index contributed by atoms with van der Waals surface area (Å²) in [4.78, 5) is 0. The molecule has 1 heteroatoms. The summed E-state index contributed by atoms with van der Waals surface area (Å²) < 4.78 is 0. The van der Waals surface area contributed by atoms with Crippen LogP contribution in [0.2, 0.25) is 0 Å². The summed E-state index contributed by atoms with van der Waals surface area (Å²) in [6, 6.07) is 4.64. The second-order valence-corrected chi connectivity index (χ2v) is 9.32. The molecule has 0 aromatic heterocycles. The van der Waals surface area contributed by atoms with Gasteiger partial charge in [0.05, 0.1) is 0 Å². The van der Waals surface area contributed by atoms with Crippen molar-refractivity contribution in [1.82, 2.24) is 0 Å². The first kappa shape index (κ1) is 24.2. The van der Waals surface area contributed by atoms with Gasteiger partial charge in [0.15, 0.2) is 0 Å². The molecule has 27 heavy (non-hydrogen) atoms. The van der Waals surface area contributed by atoms with Crippen molar-refractivity contribution in [3.63, 3.8) is 0 Å². The molecule has 0 saturated carbocycles. The first-order valence-electron chi connectivity index (χ1n) is 9.82. The monoisotopic (exact) mass is 528 g/mol. The Kier molecular flexibility index (Phi) is 8.18. The average Bonchev–Trinajstić information content (AvgIpc) is 2.98. The van der Waals surface area contributed by atoms with Gasteiger partial charge in [-0.3, -0.25) is 6.08 Å². The first-order valence-corrected chi connectivity index (χ1v) is 9.82. The maximum Gasteiger partial charge on any atom is 0 e. The molecule has 1 unspecified atom stereocenters. The third kappa shape index (κ3) is 5.59. The van der Waals surface area contributed by atoms with Gasteiger partial charge < -0.3 is 0 Å². The van der Waals surface area contributed by atoms with E-state index in [2.05, 4.69) is 93.5 Å². The second-order valence-electron chi connectivity index (χ2n) is 9.32. The van der Waals surface area contributed by atoms with Gasteiger partial charge in [-0.05, 0) is 19.3 Å². The minimum atomic E-state index is 0. The summed E-state index contributed by atoms with van der Waals surface area (Å²) in [5.41, 5.74) is 13.3. The first-order chi connectivity index (χ1) is 11.9. The molecule has 0 nitrogen and oxygen atoms in total. The number of allylic oxidation sites excluding steroid dienone is 1. The van der Waals surface area contributed by atoms with Crippen LogP contribution in [0.5, 0.6) is 0 Å². The average molecular weight is 527 g/mol. The van der Waals surface area contributed by atoms with Crippen LogP contribution in [0.1, 0.15) is 83.2 Å². The van der Waals surface area contributed by atoms with Crippen molar-refractivity contribution < 1.29 is 25.8 Å². The molecule has 1 atom stereocenters. The van der Waals surface area contributed by atoms with Crippen LogP contribution in [0.3, 0.4) is 0 Å². The Morgan fingerprint density at radius 3 is 1.78 bits per heavy atom. The molecule has 0 saturated heterocycles. The Morgan fingerprint density at radius 2 is 1.37 bits per heavy atom. The molecule has 2 aromatic carbocycles. The van der Waals surface area contributed by atoms with E-state index in [-0.39, 0.29) is 25.8 Å². The number of fused-ring (bicyclic) bond motifs is 1. The van der Waals surface area contributed by atoms with Crippen molar-refractivity contribution in [2.45, 2.75) is 81.6 Å². The van der Waals surface area contributed by atoms with E-state index in [0.717, 1.165) is 0 Å². The topological polar surface area (TPSA) is 0 Å². The Labute approximate surface area is 186 Å². The van der Waals surface area contributed by atoms with Gasteiger partial charge in [0.25, 0.3) is 0 Å². The number of rotatable bonds is 1. The van der Waals surface area contributed by atoms with Crippen molar-refractivity contribution in [2.75, 3.05) is 0 Å². The molecule has 0 aliphatic heterocycles. The van der Waals surface area contributed by atoms with Crippen LogP contribution in [0.15, 0.2) is 12.1 Å². The molecule has 1 aliphatic carbocycles. The van der Waals surface area contributed by atoms with Gasteiger partial charge in [0.2, 0.25) is 0 Å². The van der Waals surface area contributed by atoms with E-state index in [4.69, 9.17) is 0 Å². The van der Waals surface area contributed by atoms with Gasteiger partial charge in [-0.25, -0.2) is 6.08 Å². The zero-order valence-corrected chi connectivity index (χ0v) is 22.6. The Balaban J connectivity index is 0.000000288. The molecule has 146 valence electrons. The zero-order valence-electron chi connectivity index (χ0n) is 19.0. The van der Waals surface area contributed by atoms with Crippen molar-refractivity contribution in [2.24, 2.45) is 5.41 Å². The van der Waals surface area contributed by atoms with Crippen LogP contribution >= 0.6 is 0 Å². The van der Waals surface area contributed by atoms with E-state index in [1.165, 1.54) is 56.5 Å². The third-order valence-corrected chi connectivity index (χ3v) is 6.14.